The van der Waals surface area contributed by atoms with E-state index in [1.807, 2.05) is 18.2 Å². The number of hydrogen-bond acceptors (Lipinski definition) is 5. The van der Waals surface area contributed by atoms with Gasteiger partial charge in [-0.05, 0) is 30.5 Å². The molecule has 0 atom stereocenters. The molecule has 4 N–H and O–H groups in total. The number of nitrogens with zero attached hydrogens (tertiary/aromatic N) is 3. The predicted molar refractivity (Wildman–Crippen MR) is 95.8 cm³/mol. The highest BCUT2D eigenvalue weighted by Crippen LogP contribution is 2.38. The van der Waals surface area contributed by atoms with E-state index in [9.17, 15) is 0 Å². The van der Waals surface area contributed by atoms with Crippen LogP contribution in [0.1, 0.15) is 31.7 Å². The van der Waals surface area contributed by atoms with Gasteiger partial charge >= 0.3 is 0 Å². The molecule has 6 nitrogen and oxygen atoms in total. The maximum absolute atomic E-state index is 5.94. The van der Waals surface area contributed by atoms with E-state index in [0.717, 1.165) is 22.2 Å². The van der Waals surface area contributed by atoms with Gasteiger partial charge in [0.1, 0.15) is 11.4 Å². The van der Waals surface area contributed by atoms with Crippen LogP contribution in [0.4, 0.5) is 11.6 Å². The average molecular weight is 323 g/mol. The van der Waals surface area contributed by atoms with Gasteiger partial charge in [0.15, 0.2) is 0 Å². The Morgan fingerprint density at radius 3 is 2.75 bits per heavy atom. The molecule has 0 unspecified atom stereocenters. The molecular weight excluding hydrogens is 302 g/mol. The molecule has 0 amide bonds. The Balaban J connectivity index is 1.92. The lowest BCUT2D eigenvalue weighted by molar-refractivity contribution is 0.417. The van der Waals surface area contributed by atoms with Gasteiger partial charge in [0.2, 0.25) is 5.95 Å². The molecule has 6 heteroatoms. The van der Waals surface area contributed by atoms with E-state index in [-0.39, 0.29) is 0 Å². The van der Waals surface area contributed by atoms with Crippen LogP contribution in [0.25, 0.3) is 22.2 Å². The standard InChI is InChI=1S/C18H21N5O/c1-24-16-8-11(6-7-15(16)19)14-10-23(12-4-2-3-5-12)17-13(14)9-21-18(20)22-17/h6-10,12H,2-5,19H2,1H3,(H2,20,21,22). The molecule has 2 aromatic heterocycles. The lowest BCUT2D eigenvalue weighted by atomic mass is 10.1. The summed E-state index contributed by atoms with van der Waals surface area (Å²) in [5, 5.41) is 1.00. The number of benzene rings is 1. The summed E-state index contributed by atoms with van der Waals surface area (Å²) in [6.45, 7) is 0. The SMILES string of the molecule is COc1cc(-c2cn(C3CCCC3)c3nc(N)ncc23)ccc1N. The van der Waals surface area contributed by atoms with E-state index in [2.05, 4.69) is 20.7 Å². The van der Waals surface area contributed by atoms with Crippen molar-refractivity contribution in [2.45, 2.75) is 31.7 Å². The number of rotatable bonds is 3. The molecule has 4 rings (SSSR count). The second kappa shape index (κ2) is 5.70. The zero-order chi connectivity index (χ0) is 16.7. The number of anilines is 2. The van der Waals surface area contributed by atoms with Crippen molar-refractivity contribution in [2.24, 2.45) is 0 Å². The van der Waals surface area contributed by atoms with Gasteiger partial charge in [-0.25, -0.2) is 4.98 Å². The van der Waals surface area contributed by atoms with Crippen LogP contribution < -0.4 is 16.2 Å². The lowest BCUT2D eigenvalue weighted by Crippen LogP contribution is -2.05. The average Bonchev–Trinajstić information content (AvgIpc) is 3.22. The van der Waals surface area contributed by atoms with Gasteiger partial charge in [0.25, 0.3) is 0 Å². The van der Waals surface area contributed by atoms with Crippen molar-refractivity contribution in [3.63, 3.8) is 0 Å². The molecule has 0 aliphatic heterocycles. The highest BCUT2D eigenvalue weighted by molar-refractivity contribution is 5.94. The van der Waals surface area contributed by atoms with E-state index in [1.165, 1.54) is 25.7 Å². The van der Waals surface area contributed by atoms with E-state index >= 15 is 0 Å². The summed E-state index contributed by atoms with van der Waals surface area (Å²) in [7, 11) is 1.63. The fourth-order valence-electron chi connectivity index (χ4n) is 3.61. The minimum Gasteiger partial charge on any atom is -0.495 e. The van der Waals surface area contributed by atoms with Gasteiger partial charge in [-0.1, -0.05) is 18.9 Å². The fourth-order valence-corrected chi connectivity index (χ4v) is 3.61. The molecule has 0 radical (unpaired) electrons. The Morgan fingerprint density at radius 2 is 2.00 bits per heavy atom. The summed E-state index contributed by atoms with van der Waals surface area (Å²) in [5.41, 5.74) is 15.4. The first kappa shape index (κ1) is 14.8. The van der Waals surface area contributed by atoms with Crippen LogP contribution >= 0.6 is 0 Å². The van der Waals surface area contributed by atoms with Crippen molar-refractivity contribution >= 4 is 22.7 Å². The van der Waals surface area contributed by atoms with Gasteiger partial charge in [0.05, 0.1) is 12.8 Å². The van der Waals surface area contributed by atoms with Crippen LogP contribution in [0, 0.1) is 0 Å². The molecular formula is C18H21N5O. The van der Waals surface area contributed by atoms with Crippen molar-refractivity contribution in [1.29, 1.82) is 0 Å². The third kappa shape index (κ3) is 2.35. The number of nitrogen functional groups attached to an aromatic ring is 2. The third-order valence-corrected chi connectivity index (χ3v) is 4.85. The number of ether oxygens (including phenoxy) is 1. The minimum absolute atomic E-state index is 0.307. The summed E-state index contributed by atoms with van der Waals surface area (Å²) in [6, 6.07) is 6.30. The van der Waals surface area contributed by atoms with E-state index in [1.54, 1.807) is 13.3 Å². The first-order valence-corrected chi connectivity index (χ1v) is 8.24. The molecule has 0 spiro atoms. The van der Waals surface area contributed by atoms with Crippen molar-refractivity contribution in [3.05, 3.63) is 30.6 Å². The molecule has 24 heavy (non-hydrogen) atoms. The summed E-state index contributed by atoms with van der Waals surface area (Å²) < 4.78 is 7.62. The van der Waals surface area contributed by atoms with Crippen molar-refractivity contribution in [3.8, 4) is 16.9 Å². The van der Waals surface area contributed by atoms with E-state index in [4.69, 9.17) is 16.2 Å². The summed E-state index contributed by atoms with van der Waals surface area (Å²) in [5.74, 6) is 0.979. The Kier molecular flexibility index (Phi) is 3.52. The number of aromatic nitrogens is 3. The maximum atomic E-state index is 5.94. The van der Waals surface area contributed by atoms with Gasteiger partial charge in [-0.15, -0.1) is 0 Å². The van der Waals surface area contributed by atoms with Crippen LogP contribution in [0.2, 0.25) is 0 Å². The second-order valence-corrected chi connectivity index (χ2v) is 6.31. The van der Waals surface area contributed by atoms with Crippen LogP contribution in [0.3, 0.4) is 0 Å². The summed E-state index contributed by atoms with van der Waals surface area (Å²) in [4.78, 5) is 8.69. The summed E-state index contributed by atoms with van der Waals surface area (Å²) in [6.07, 6.45) is 8.85. The molecule has 0 bridgehead atoms. The molecule has 1 fully saturated rings. The Labute approximate surface area is 140 Å². The number of fused-ring (bicyclic) bond motifs is 1. The first-order valence-electron chi connectivity index (χ1n) is 8.24. The highest BCUT2D eigenvalue weighted by Gasteiger charge is 2.22. The predicted octanol–water partition coefficient (Wildman–Crippen LogP) is 3.39. The highest BCUT2D eigenvalue weighted by atomic mass is 16.5. The molecule has 1 aromatic carbocycles. The fraction of sp³-hybridized carbons (Fsp3) is 0.333. The van der Waals surface area contributed by atoms with Crippen LogP contribution in [0.15, 0.2) is 30.6 Å². The van der Waals surface area contributed by atoms with Gasteiger partial charge < -0.3 is 20.8 Å². The Morgan fingerprint density at radius 1 is 1.21 bits per heavy atom. The van der Waals surface area contributed by atoms with E-state index in [0.29, 0.717) is 23.4 Å². The smallest absolute Gasteiger partial charge is 0.221 e. The van der Waals surface area contributed by atoms with Crippen LogP contribution in [-0.2, 0) is 0 Å². The summed E-state index contributed by atoms with van der Waals surface area (Å²) >= 11 is 0. The Bertz CT molecular complexity index is 896. The number of methoxy groups -OCH3 is 1. The van der Waals surface area contributed by atoms with Crippen molar-refractivity contribution in [1.82, 2.24) is 14.5 Å². The first-order chi connectivity index (χ1) is 11.7. The molecule has 2 heterocycles. The zero-order valence-electron chi connectivity index (χ0n) is 13.7. The van der Waals surface area contributed by atoms with Crippen molar-refractivity contribution < 1.29 is 4.74 Å². The number of nitrogens with two attached hydrogens (primary N) is 2. The largest absolute Gasteiger partial charge is 0.495 e. The number of hydrogen-bond donors (Lipinski definition) is 2. The van der Waals surface area contributed by atoms with Gasteiger partial charge in [-0.2, -0.15) is 4.98 Å². The van der Waals surface area contributed by atoms with Gasteiger partial charge in [0, 0.05) is 29.4 Å². The lowest BCUT2D eigenvalue weighted by Gasteiger charge is -2.12. The second-order valence-electron chi connectivity index (χ2n) is 6.31. The van der Waals surface area contributed by atoms with Crippen LogP contribution in [0.5, 0.6) is 5.75 Å². The quantitative estimate of drug-likeness (QED) is 0.721. The van der Waals surface area contributed by atoms with Crippen LogP contribution in [-0.4, -0.2) is 21.6 Å². The Hall–Kier alpha value is -2.76. The maximum Gasteiger partial charge on any atom is 0.221 e. The third-order valence-electron chi connectivity index (χ3n) is 4.85. The van der Waals surface area contributed by atoms with Crippen molar-refractivity contribution in [2.75, 3.05) is 18.6 Å². The normalized spacial score (nSPS) is 15.2. The van der Waals surface area contributed by atoms with E-state index < -0.39 is 0 Å². The molecule has 3 aromatic rings. The molecule has 124 valence electrons. The zero-order valence-corrected chi connectivity index (χ0v) is 13.7. The minimum atomic E-state index is 0.307. The molecule has 1 aliphatic rings. The molecule has 1 saturated carbocycles. The monoisotopic (exact) mass is 323 g/mol. The molecule has 1 aliphatic carbocycles. The van der Waals surface area contributed by atoms with Gasteiger partial charge in [-0.3, -0.25) is 0 Å². The molecule has 0 saturated heterocycles. The topological polar surface area (TPSA) is 92.0 Å².